The summed E-state index contributed by atoms with van der Waals surface area (Å²) in [4.78, 5) is 42.1. The van der Waals surface area contributed by atoms with E-state index >= 15 is 0 Å². The maximum Gasteiger partial charge on any atom is 0.330 e. The first-order valence-corrected chi connectivity index (χ1v) is 9.15. The molecule has 1 saturated heterocycles. The SMILES string of the molecule is N[C@H]1CCCC[C@H]1N=C[C@@H]1C(=O)NC(=O)N(CCc2ccc(F)cc2)C1=O. The number of aliphatic imine (C=N–C) groups is 1. The summed E-state index contributed by atoms with van der Waals surface area (Å²) in [6, 6.07) is 4.90. The van der Waals surface area contributed by atoms with E-state index in [-0.39, 0.29) is 24.4 Å². The number of imide groups is 2. The number of halogens is 1. The van der Waals surface area contributed by atoms with Crippen molar-refractivity contribution in [1.82, 2.24) is 10.2 Å². The van der Waals surface area contributed by atoms with Gasteiger partial charge in [-0.05, 0) is 37.0 Å². The molecule has 8 heteroatoms. The number of benzene rings is 1. The van der Waals surface area contributed by atoms with E-state index < -0.39 is 23.8 Å². The molecule has 0 bridgehead atoms. The molecule has 27 heavy (non-hydrogen) atoms. The van der Waals surface area contributed by atoms with Crippen LogP contribution in [0, 0.1) is 11.7 Å². The van der Waals surface area contributed by atoms with E-state index in [2.05, 4.69) is 10.3 Å². The zero-order valence-corrected chi connectivity index (χ0v) is 14.9. The van der Waals surface area contributed by atoms with Crippen molar-refractivity contribution in [1.29, 1.82) is 0 Å². The molecule has 1 saturated carbocycles. The van der Waals surface area contributed by atoms with E-state index in [0.717, 1.165) is 36.1 Å². The van der Waals surface area contributed by atoms with Crippen molar-refractivity contribution in [2.45, 2.75) is 44.2 Å². The summed E-state index contributed by atoms with van der Waals surface area (Å²) >= 11 is 0. The number of hydrogen-bond acceptors (Lipinski definition) is 5. The summed E-state index contributed by atoms with van der Waals surface area (Å²) in [7, 11) is 0. The molecule has 2 aliphatic rings. The smallest absolute Gasteiger partial charge is 0.326 e. The van der Waals surface area contributed by atoms with Gasteiger partial charge >= 0.3 is 6.03 Å². The van der Waals surface area contributed by atoms with E-state index in [4.69, 9.17) is 5.73 Å². The molecule has 1 aromatic rings. The maximum atomic E-state index is 13.0. The van der Waals surface area contributed by atoms with E-state index in [1.807, 2.05) is 0 Å². The van der Waals surface area contributed by atoms with Crippen molar-refractivity contribution < 1.29 is 18.8 Å². The second-order valence-electron chi connectivity index (χ2n) is 6.95. The third-order valence-electron chi connectivity index (χ3n) is 5.04. The Morgan fingerprint density at radius 3 is 2.59 bits per heavy atom. The third-order valence-corrected chi connectivity index (χ3v) is 5.04. The lowest BCUT2D eigenvalue weighted by molar-refractivity contribution is -0.139. The van der Waals surface area contributed by atoms with Crippen LogP contribution in [0.1, 0.15) is 31.2 Å². The highest BCUT2D eigenvalue weighted by atomic mass is 19.1. The van der Waals surface area contributed by atoms with Crippen molar-refractivity contribution in [2.24, 2.45) is 16.6 Å². The summed E-state index contributed by atoms with van der Waals surface area (Å²) in [5.74, 6) is -2.76. The van der Waals surface area contributed by atoms with Gasteiger partial charge in [-0.2, -0.15) is 0 Å². The van der Waals surface area contributed by atoms with Gasteiger partial charge in [0.15, 0.2) is 5.92 Å². The zero-order chi connectivity index (χ0) is 19.4. The zero-order valence-electron chi connectivity index (χ0n) is 14.9. The number of nitrogens with one attached hydrogen (secondary N) is 1. The molecule has 1 heterocycles. The fourth-order valence-corrected chi connectivity index (χ4v) is 3.39. The highest BCUT2D eigenvalue weighted by Gasteiger charge is 2.39. The monoisotopic (exact) mass is 374 g/mol. The van der Waals surface area contributed by atoms with Crippen molar-refractivity contribution in [2.75, 3.05) is 6.54 Å². The minimum absolute atomic E-state index is 0.0760. The molecular formula is C19H23FN4O3. The molecule has 144 valence electrons. The molecule has 4 amide bonds. The Morgan fingerprint density at radius 1 is 1.19 bits per heavy atom. The average molecular weight is 374 g/mol. The molecule has 0 aromatic heterocycles. The fraction of sp³-hybridized carbons (Fsp3) is 0.474. The molecule has 0 spiro atoms. The molecule has 3 atom stereocenters. The number of rotatable bonds is 5. The highest BCUT2D eigenvalue weighted by Crippen LogP contribution is 2.20. The van der Waals surface area contributed by atoms with E-state index in [1.165, 1.54) is 18.3 Å². The lowest BCUT2D eigenvalue weighted by atomic mass is 9.91. The topological polar surface area (TPSA) is 105 Å². The Balaban J connectivity index is 1.66. The molecule has 7 nitrogen and oxygen atoms in total. The van der Waals surface area contributed by atoms with Gasteiger partial charge in [-0.3, -0.25) is 24.8 Å². The summed E-state index contributed by atoms with van der Waals surface area (Å²) in [6.45, 7) is 0.0941. The Hall–Kier alpha value is -2.61. The number of nitrogens with two attached hydrogens (primary N) is 1. The molecule has 1 aliphatic heterocycles. The second-order valence-corrected chi connectivity index (χ2v) is 6.95. The summed E-state index contributed by atoms with van der Waals surface area (Å²) in [6.07, 6.45) is 5.46. The molecule has 0 radical (unpaired) electrons. The van der Waals surface area contributed by atoms with Crippen LogP contribution in [0.5, 0.6) is 0 Å². The maximum absolute atomic E-state index is 13.0. The van der Waals surface area contributed by atoms with Crippen LogP contribution in [-0.2, 0) is 16.0 Å². The van der Waals surface area contributed by atoms with E-state index in [0.29, 0.717) is 6.42 Å². The Bertz CT molecular complexity index is 750. The molecule has 2 fully saturated rings. The molecule has 3 rings (SSSR count). The van der Waals surface area contributed by atoms with Gasteiger partial charge in [0.05, 0.1) is 6.04 Å². The largest absolute Gasteiger partial charge is 0.330 e. The molecule has 3 N–H and O–H groups in total. The lowest BCUT2D eigenvalue weighted by Crippen LogP contribution is -2.58. The van der Waals surface area contributed by atoms with Gasteiger partial charge in [-0.15, -0.1) is 0 Å². The average Bonchev–Trinajstić information content (AvgIpc) is 2.64. The predicted octanol–water partition coefficient (Wildman–Crippen LogP) is 1.40. The van der Waals surface area contributed by atoms with Crippen molar-refractivity contribution in [3.8, 4) is 0 Å². The van der Waals surface area contributed by atoms with Crippen LogP contribution >= 0.6 is 0 Å². The van der Waals surface area contributed by atoms with Crippen LogP contribution < -0.4 is 11.1 Å². The van der Waals surface area contributed by atoms with E-state index in [9.17, 15) is 18.8 Å². The van der Waals surface area contributed by atoms with Gasteiger partial charge in [0, 0.05) is 18.8 Å². The van der Waals surface area contributed by atoms with Gasteiger partial charge in [0.2, 0.25) is 11.8 Å². The van der Waals surface area contributed by atoms with Crippen LogP contribution in [-0.4, -0.2) is 47.6 Å². The molecular weight excluding hydrogens is 351 g/mol. The summed E-state index contributed by atoms with van der Waals surface area (Å²) in [5, 5.41) is 2.20. The summed E-state index contributed by atoms with van der Waals surface area (Å²) in [5.41, 5.74) is 6.83. The van der Waals surface area contributed by atoms with Crippen LogP contribution in [0.25, 0.3) is 0 Å². The van der Waals surface area contributed by atoms with Gasteiger partial charge in [0.1, 0.15) is 5.82 Å². The number of nitrogens with zero attached hydrogens (tertiary/aromatic N) is 2. The first-order valence-electron chi connectivity index (χ1n) is 9.15. The van der Waals surface area contributed by atoms with Gasteiger partial charge in [0.25, 0.3) is 0 Å². The number of carbonyl (C=O) groups excluding carboxylic acids is 3. The Morgan fingerprint density at radius 2 is 1.89 bits per heavy atom. The van der Waals surface area contributed by atoms with Crippen LogP contribution in [0.4, 0.5) is 9.18 Å². The Labute approximate surface area is 156 Å². The quantitative estimate of drug-likeness (QED) is 0.600. The fourth-order valence-electron chi connectivity index (χ4n) is 3.39. The number of hydrogen-bond donors (Lipinski definition) is 2. The van der Waals surface area contributed by atoms with Crippen molar-refractivity contribution in [3.63, 3.8) is 0 Å². The van der Waals surface area contributed by atoms with Crippen LogP contribution in [0.3, 0.4) is 0 Å². The van der Waals surface area contributed by atoms with Crippen LogP contribution in [0.2, 0.25) is 0 Å². The Kier molecular flexibility index (Phi) is 5.95. The number of amides is 4. The van der Waals surface area contributed by atoms with Gasteiger partial charge in [-0.25, -0.2) is 9.18 Å². The van der Waals surface area contributed by atoms with E-state index in [1.54, 1.807) is 12.1 Å². The predicted molar refractivity (Wildman–Crippen MR) is 97.6 cm³/mol. The molecule has 0 unspecified atom stereocenters. The van der Waals surface area contributed by atoms with Crippen LogP contribution in [0.15, 0.2) is 29.3 Å². The van der Waals surface area contributed by atoms with Gasteiger partial charge in [-0.1, -0.05) is 25.0 Å². The molecule has 1 aliphatic carbocycles. The normalized spacial score (nSPS) is 26.5. The summed E-state index contributed by atoms with van der Waals surface area (Å²) < 4.78 is 13.0. The standard InChI is InChI=1S/C19H23FN4O3/c20-13-7-5-12(6-8-13)9-10-24-18(26)14(17(25)23-19(24)27)11-22-16-4-2-1-3-15(16)21/h5-8,11,14-16H,1-4,9-10,21H2,(H,23,25,27)/t14-,15+,16-/m1/s1. The molecule has 1 aromatic carbocycles. The number of barbiturate groups is 1. The minimum atomic E-state index is -1.13. The van der Waals surface area contributed by atoms with Gasteiger partial charge < -0.3 is 5.73 Å². The first kappa shape index (κ1) is 19.2. The first-order chi connectivity index (χ1) is 13.0. The van der Waals surface area contributed by atoms with Crippen molar-refractivity contribution >= 4 is 24.1 Å². The minimum Gasteiger partial charge on any atom is -0.326 e. The number of carbonyl (C=O) groups is 3. The van der Waals surface area contributed by atoms with Crippen molar-refractivity contribution in [3.05, 3.63) is 35.6 Å². The lowest BCUT2D eigenvalue weighted by Gasteiger charge is -2.29. The third kappa shape index (κ3) is 4.57. The number of urea groups is 1. The second kappa shape index (κ2) is 8.39. The highest BCUT2D eigenvalue weighted by molar-refractivity contribution is 6.23.